The molecule has 0 spiro atoms. The molecule has 0 bridgehead atoms. The Balaban J connectivity index is 1.28. The highest BCUT2D eigenvalue weighted by atomic mass is 16.6. The SMILES string of the molecule is CC(C)CCOCCOCCOCCOCCNC(=O)OCC1[C@H]2CCC#CCC[C@@H]12. The van der Waals surface area contributed by atoms with Gasteiger partial charge in [0, 0.05) is 26.0 Å². The molecule has 7 heteroatoms. The van der Waals surface area contributed by atoms with Crippen molar-refractivity contribution >= 4 is 6.09 Å². The van der Waals surface area contributed by atoms with Crippen molar-refractivity contribution in [2.45, 2.75) is 46.0 Å². The van der Waals surface area contributed by atoms with Crippen LogP contribution < -0.4 is 5.32 Å². The molecule has 0 saturated heterocycles. The van der Waals surface area contributed by atoms with E-state index in [1.807, 2.05) is 0 Å². The van der Waals surface area contributed by atoms with Crippen LogP contribution in [0.4, 0.5) is 4.79 Å². The monoisotopic (exact) mass is 439 g/mol. The van der Waals surface area contributed by atoms with Gasteiger partial charge in [-0.05, 0) is 42.9 Å². The molecule has 1 N–H and O–H groups in total. The van der Waals surface area contributed by atoms with Crippen molar-refractivity contribution in [3.63, 3.8) is 0 Å². The molecule has 0 heterocycles. The highest BCUT2D eigenvalue weighted by Crippen LogP contribution is 2.52. The van der Waals surface area contributed by atoms with Gasteiger partial charge in [0.05, 0.1) is 52.9 Å². The Bertz CT molecular complexity index is 526. The van der Waals surface area contributed by atoms with Gasteiger partial charge in [0.15, 0.2) is 0 Å². The highest BCUT2D eigenvalue weighted by Gasteiger charge is 2.49. The molecule has 2 rings (SSSR count). The molecule has 2 aliphatic rings. The first-order valence-electron chi connectivity index (χ1n) is 11.9. The predicted molar refractivity (Wildman–Crippen MR) is 119 cm³/mol. The smallest absolute Gasteiger partial charge is 0.407 e. The first-order chi connectivity index (χ1) is 15.2. The Morgan fingerprint density at radius 2 is 1.35 bits per heavy atom. The number of carbonyl (C=O) groups is 1. The van der Waals surface area contributed by atoms with E-state index in [-0.39, 0.29) is 6.09 Å². The van der Waals surface area contributed by atoms with Crippen molar-refractivity contribution in [2.75, 3.05) is 66.0 Å². The Morgan fingerprint density at radius 3 is 1.90 bits per heavy atom. The first kappa shape index (κ1) is 25.9. The largest absolute Gasteiger partial charge is 0.449 e. The molecule has 7 nitrogen and oxygen atoms in total. The van der Waals surface area contributed by atoms with Crippen LogP contribution in [-0.2, 0) is 23.7 Å². The van der Waals surface area contributed by atoms with E-state index in [4.69, 9.17) is 23.7 Å². The number of nitrogens with one attached hydrogen (secondary N) is 1. The average molecular weight is 440 g/mol. The molecule has 31 heavy (non-hydrogen) atoms. The highest BCUT2D eigenvalue weighted by molar-refractivity contribution is 5.67. The second-order valence-corrected chi connectivity index (χ2v) is 8.58. The van der Waals surface area contributed by atoms with E-state index in [1.54, 1.807) is 0 Å². The van der Waals surface area contributed by atoms with Gasteiger partial charge < -0.3 is 29.0 Å². The maximum atomic E-state index is 11.8. The topological polar surface area (TPSA) is 75.3 Å². The van der Waals surface area contributed by atoms with Gasteiger partial charge in [0.2, 0.25) is 0 Å². The molecule has 0 aromatic carbocycles. The van der Waals surface area contributed by atoms with E-state index >= 15 is 0 Å². The lowest BCUT2D eigenvalue weighted by Crippen LogP contribution is -2.29. The molecule has 1 amide bonds. The third kappa shape index (κ3) is 12.3. The zero-order valence-corrected chi connectivity index (χ0v) is 19.4. The van der Waals surface area contributed by atoms with E-state index in [1.165, 1.54) is 0 Å². The number of ether oxygens (including phenoxy) is 5. The van der Waals surface area contributed by atoms with Crippen LogP contribution in [0.5, 0.6) is 0 Å². The molecule has 2 aliphatic carbocycles. The summed E-state index contributed by atoms with van der Waals surface area (Å²) in [4.78, 5) is 11.8. The first-order valence-corrected chi connectivity index (χ1v) is 11.9. The minimum atomic E-state index is -0.360. The molecule has 1 saturated carbocycles. The molecule has 1 unspecified atom stereocenters. The number of alkyl carbamates (subject to hydrolysis) is 1. The van der Waals surface area contributed by atoms with Gasteiger partial charge in [-0.2, -0.15) is 0 Å². The number of hydrogen-bond acceptors (Lipinski definition) is 6. The summed E-state index contributed by atoms with van der Waals surface area (Å²) in [5.41, 5.74) is 0. The predicted octanol–water partition coefficient (Wildman–Crippen LogP) is 3.26. The second-order valence-electron chi connectivity index (χ2n) is 8.58. The number of fused-ring (bicyclic) bond motifs is 1. The number of rotatable bonds is 17. The van der Waals surface area contributed by atoms with Crippen molar-refractivity contribution < 1.29 is 28.5 Å². The minimum Gasteiger partial charge on any atom is -0.449 e. The fourth-order valence-electron chi connectivity index (χ4n) is 3.81. The maximum absolute atomic E-state index is 11.8. The fourth-order valence-corrected chi connectivity index (χ4v) is 3.81. The van der Waals surface area contributed by atoms with Crippen LogP contribution in [0.25, 0.3) is 0 Å². The molecule has 0 aromatic heterocycles. The molecule has 178 valence electrons. The van der Waals surface area contributed by atoms with Gasteiger partial charge in [-0.3, -0.25) is 0 Å². The summed E-state index contributed by atoms with van der Waals surface area (Å²) in [5.74, 6) is 8.97. The van der Waals surface area contributed by atoms with E-state index in [0.29, 0.717) is 83.1 Å². The summed E-state index contributed by atoms with van der Waals surface area (Å²) in [6.07, 6.45) is 4.96. The zero-order valence-electron chi connectivity index (χ0n) is 19.4. The van der Waals surface area contributed by atoms with Crippen molar-refractivity contribution in [2.24, 2.45) is 23.7 Å². The summed E-state index contributed by atoms with van der Waals surface area (Å²) in [7, 11) is 0. The molecule has 3 atom stereocenters. The normalized spacial score (nSPS) is 22.1. The summed E-state index contributed by atoms with van der Waals surface area (Å²) in [6.45, 7) is 9.85. The average Bonchev–Trinajstić information content (AvgIpc) is 3.38. The lowest BCUT2D eigenvalue weighted by molar-refractivity contribution is -0.00240. The van der Waals surface area contributed by atoms with Crippen LogP contribution in [-0.4, -0.2) is 72.1 Å². The molecule has 1 fully saturated rings. The van der Waals surface area contributed by atoms with Gasteiger partial charge in [-0.25, -0.2) is 4.79 Å². The van der Waals surface area contributed by atoms with Crippen molar-refractivity contribution in [1.29, 1.82) is 0 Å². The Morgan fingerprint density at radius 1 is 0.839 bits per heavy atom. The molecular weight excluding hydrogens is 398 g/mol. The lowest BCUT2D eigenvalue weighted by atomic mass is 10.1. The number of hydrogen-bond donors (Lipinski definition) is 1. The van der Waals surface area contributed by atoms with E-state index < -0.39 is 0 Å². The quantitative estimate of drug-likeness (QED) is 0.277. The number of carbonyl (C=O) groups excluding carboxylic acids is 1. The molecule has 0 aliphatic heterocycles. The van der Waals surface area contributed by atoms with Gasteiger partial charge in [-0.15, -0.1) is 11.8 Å². The van der Waals surface area contributed by atoms with Crippen LogP contribution in [0.15, 0.2) is 0 Å². The maximum Gasteiger partial charge on any atom is 0.407 e. The van der Waals surface area contributed by atoms with Crippen LogP contribution in [0.2, 0.25) is 0 Å². The van der Waals surface area contributed by atoms with Gasteiger partial charge >= 0.3 is 6.09 Å². The van der Waals surface area contributed by atoms with E-state index in [2.05, 4.69) is 31.0 Å². The zero-order chi connectivity index (χ0) is 22.2. The van der Waals surface area contributed by atoms with Crippen molar-refractivity contribution in [1.82, 2.24) is 5.32 Å². The van der Waals surface area contributed by atoms with E-state index in [9.17, 15) is 4.79 Å². The van der Waals surface area contributed by atoms with E-state index in [0.717, 1.165) is 38.7 Å². The van der Waals surface area contributed by atoms with Crippen LogP contribution in [0.1, 0.15) is 46.0 Å². The number of amides is 1. The summed E-state index contributed by atoms with van der Waals surface area (Å²) >= 11 is 0. The molecular formula is C24H41NO6. The summed E-state index contributed by atoms with van der Waals surface area (Å²) in [5, 5.41) is 2.73. The standard InChI is InChI=1S/C24H41NO6/c1-20(2)9-11-27-13-15-29-17-18-30-16-14-28-12-10-25-24(26)31-19-23-21-7-5-3-4-6-8-22(21)23/h20-23H,5-19H2,1-2H3,(H,25,26)/t21-,22+,23?. The minimum absolute atomic E-state index is 0.360. The van der Waals surface area contributed by atoms with Crippen molar-refractivity contribution in [3.8, 4) is 11.8 Å². The second kappa shape index (κ2) is 16.3. The summed E-state index contributed by atoms with van der Waals surface area (Å²) in [6, 6.07) is 0. The van der Waals surface area contributed by atoms with Gasteiger partial charge in [0.25, 0.3) is 0 Å². The third-order valence-electron chi connectivity index (χ3n) is 5.72. The lowest BCUT2D eigenvalue weighted by Gasteiger charge is -2.09. The van der Waals surface area contributed by atoms with Crippen LogP contribution in [0, 0.1) is 35.5 Å². The van der Waals surface area contributed by atoms with Gasteiger partial charge in [-0.1, -0.05) is 13.8 Å². The van der Waals surface area contributed by atoms with Crippen LogP contribution in [0.3, 0.4) is 0 Å². The Labute approximate surface area is 187 Å². The van der Waals surface area contributed by atoms with Crippen LogP contribution >= 0.6 is 0 Å². The third-order valence-corrected chi connectivity index (χ3v) is 5.72. The van der Waals surface area contributed by atoms with Gasteiger partial charge in [0.1, 0.15) is 0 Å². The van der Waals surface area contributed by atoms with Crippen molar-refractivity contribution in [3.05, 3.63) is 0 Å². The Hall–Kier alpha value is -1.33. The fraction of sp³-hybridized carbons (Fsp3) is 0.875. The summed E-state index contributed by atoms with van der Waals surface area (Å²) < 4.78 is 27.2. The molecule has 0 aromatic rings. The molecule has 0 radical (unpaired) electrons. The Kier molecular flexibility index (Phi) is 13.7.